The molecule has 1 aromatic carbocycles. The summed E-state index contributed by atoms with van der Waals surface area (Å²) in [5.41, 5.74) is 2.76. The molecule has 0 aromatic heterocycles. The highest BCUT2D eigenvalue weighted by atomic mass is 16.1. The lowest BCUT2D eigenvalue weighted by Crippen LogP contribution is -2.24. The molecule has 0 aliphatic rings. The zero-order chi connectivity index (χ0) is 13.6. The molecule has 0 saturated heterocycles. The lowest BCUT2D eigenvalue weighted by atomic mass is 9.86. The third-order valence-corrected chi connectivity index (χ3v) is 3.03. The van der Waals surface area contributed by atoms with E-state index >= 15 is 0 Å². The van der Waals surface area contributed by atoms with E-state index in [0.717, 1.165) is 19.4 Å². The Morgan fingerprint density at radius 3 is 2.28 bits per heavy atom. The van der Waals surface area contributed by atoms with Crippen molar-refractivity contribution in [2.75, 3.05) is 6.54 Å². The number of hydrogen-bond acceptors (Lipinski definition) is 1. The van der Waals surface area contributed by atoms with Crippen molar-refractivity contribution in [3.63, 3.8) is 0 Å². The van der Waals surface area contributed by atoms with Gasteiger partial charge in [0, 0.05) is 13.0 Å². The quantitative estimate of drug-likeness (QED) is 0.848. The summed E-state index contributed by atoms with van der Waals surface area (Å²) in [5, 5.41) is 2.90. The van der Waals surface area contributed by atoms with Crippen LogP contribution in [0.5, 0.6) is 0 Å². The molecule has 2 heteroatoms. The predicted molar refractivity (Wildman–Crippen MR) is 76.8 cm³/mol. The topological polar surface area (TPSA) is 29.1 Å². The van der Waals surface area contributed by atoms with E-state index in [1.165, 1.54) is 11.1 Å². The number of carbonyl (C=O) groups is 1. The molecule has 0 fully saturated rings. The molecule has 1 amide bonds. The maximum Gasteiger partial charge on any atom is 0.220 e. The summed E-state index contributed by atoms with van der Waals surface area (Å²) in [6.07, 6.45) is 2.39. The Morgan fingerprint density at radius 1 is 1.17 bits per heavy atom. The summed E-state index contributed by atoms with van der Waals surface area (Å²) in [5.74, 6) is 0.150. The maximum atomic E-state index is 11.5. The smallest absolute Gasteiger partial charge is 0.220 e. The van der Waals surface area contributed by atoms with Crippen molar-refractivity contribution in [1.82, 2.24) is 5.32 Å². The predicted octanol–water partition coefficient (Wildman–Crippen LogP) is 3.44. The van der Waals surface area contributed by atoms with E-state index < -0.39 is 0 Å². The Morgan fingerprint density at radius 2 is 1.78 bits per heavy atom. The molecule has 0 aliphatic carbocycles. The summed E-state index contributed by atoms with van der Waals surface area (Å²) in [6.45, 7) is 9.47. The summed E-state index contributed by atoms with van der Waals surface area (Å²) in [4.78, 5) is 11.5. The van der Waals surface area contributed by atoms with Gasteiger partial charge in [0.05, 0.1) is 0 Å². The summed E-state index contributed by atoms with van der Waals surface area (Å²) in [7, 11) is 0. The fraction of sp³-hybridized carbons (Fsp3) is 0.562. The number of rotatable bonds is 5. The zero-order valence-electron chi connectivity index (χ0n) is 12.0. The van der Waals surface area contributed by atoms with Gasteiger partial charge in [0.1, 0.15) is 0 Å². The van der Waals surface area contributed by atoms with Crippen LogP contribution >= 0.6 is 0 Å². The second-order valence-corrected chi connectivity index (χ2v) is 5.80. The van der Waals surface area contributed by atoms with Crippen molar-refractivity contribution in [2.45, 2.75) is 52.4 Å². The van der Waals surface area contributed by atoms with Crippen LogP contribution in [0, 0.1) is 0 Å². The minimum absolute atomic E-state index is 0.150. The van der Waals surface area contributed by atoms with Gasteiger partial charge < -0.3 is 5.32 Å². The van der Waals surface area contributed by atoms with Gasteiger partial charge in [0.25, 0.3) is 0 Å². The van der Waals surface area contributed by atoms with Crippen molar-refractivity contribution in [2.24, 2.45) is 0 Å². The van der Waals surface area contributed by atoms with Crippen LogP contribution in [0.4, 0.5) is 0 Å². The Balaban J connectivity index is 2.47. The average molecular weight is 247 g/mol. The van der Waals surface area contributed by atoms with Gasteiger partial charge in [-0.25, -0.2) is 0 Å². The number of aryl methyl sites for hydroxylation is 1. The van der Waals surface area contributed by atoms with Crippen molar-refractivity contribution in [3.05, 3.63) is 35.4 Å². The summed E-state index contributed by atoms with van der Waals surface area (Å²) in [6, 6.07) is 8.60. The van der Waals surface area contributed by atoms with E-state index in [1.54, 1.807) is 0 Å². The van der Waals surface area contributed by atoms with Crippen LogP contribution in [0.2, 0.25) is 0 Å². The third-order valence-electron chi connectivity index (χ3n) is 3.03. The lowest BCUT2D eigenvalue weighted by Gasteiger charge is -2.19. The molecule has 0 unspecified atom stereocenters. The molecule has 0 heterocycles. The molecule has 2 nitrogen and oxygen atoms in total. The van der Waals surface area contributed by atoms with E-state index in [9.17, 15) is 4.79 Å². The van der Waals surface area contributed by atoms with Gasteiger partial charge in [-0.15, -0.1) is 0 Å². The molecule has 18 heavy (non-hydrogen) atoms. The second kappa shape index (κ2) is 6.58. The molecule has 100 valence electrons. The van der Waals surface area contributed by atoms with Crippen molar-refractivity contribution in [1.29, 1.82) is 0 Å². The monoisotopic (exact) mass is 247 g/mol. The van der Waals surface area contributed by atoms with E-state index in [-0.39, 0.29) is 11.3 Å². The van der Waals surface area contributed by atoms with E-state index in [4.69, 9.17) is 0 Å². The second-order valence-electron chi connectivity index (χ2n) is 5.80. The largest absolute Gasteiger partial charge is 0.356 e. The molecule has 0 spiro atoms. The zero-order valence-corrected chi connectivity index (χ0v) is 12.0. The fourth-order valence-corrected chi connectivity index (χ4v) is 1.78. The molecular formula is C16H25NO. The molecule has 0 bridgehead atoms. The first-order chi connectivity index (χ1) is 8.43. The van der Waals surface area contributed by atoms with Gasteiger partial charge >= 0.3 is 0 Å². The lowest BCUT2D eigenvalue weighted by molar-refractivity contribution is -0.121. The van der Waals surface area contributed by atoms with E-state index in [1.807, 2.05) is 0 Å². The maximum absolute atomic E-state index is 11.5. The van der Waals surface area contributed by atoms with Crippen LogP contribution in [-0.4, -0.2) is 12.5 Å². The van der Waals surface area contributed by atoms with Crippen LogP contribution in [0.15, 0.2) is 24.3 Å². The first-order valence-corrected chi connectivity index (χ1v) is 6.79. The molecule has 1 rings (SSSR count). The summed E-state index contributed by atoms with van der Waals surface area (Å²) >= 11 is 0. The summed E-state index contributed by atoms with van der Waals surface area (Å²) < 4.78 is 0. The molecule has 1 aromatic rings. The Bertz CT molecular complexity index is 373. The van der Waals surface area contributed by atoms with Gasteiger partial charge in [-0.05, 0) is 29.4 Å². The van der Waals surface area contributed by atoms with Gasteiger partial charge in [-0.3, -0.25) is 4.79 Å². The first-order valence-electron chi connectivity index (χ1n) is 6.79. The molecule has 0 atom stereocenters. The highest BCUT2D eigenvalue weighted by Gasteiger charge is 2.12. The van der Waals surface area contributed by atoms with Crippen molar-refractivity contribution in [3.8, 4) is 0 Å². The molecule has 0 radical (unpaired) electrons. The van der Waals surface area contributed by atoms with E-state index in [2.05, 4.69) is 57.3 Å². The minimum Gasteiger partial charge on any atom is -0.356 e. The number of carbonyl (C=O) groups excluding carboxylic acids is 1. The molecule has 0 saturated carbocycles. The van der Waals surface area contributed by atoms with Gasteiger partial charge in [0.2, 0.25) is 5.91 Å². The Labute approximate surface area is 111 Å². The number of amides is 1. The number of hydrogen-bond donors (Lipinski definition) is 1. The van der Waals surface area contributed by atoms with Crippen LogP contribution in [0.1, 0.15) is 51.7 Å². The normalized spacial score (nSPS) is 11.3. The van der Waals surface area contributed by atoms with E-state index in [0.29, 0.717) is 6.42 Å². The SMILES string of the molecule is CCCNC(=O)CCc1ccc(C(C)(C)C)cc1. The van der Waals surface area contributed by atoms with Crippen LogP contribution in [0.25, 0.3) is 0 Å². The third kappa shape index (κ3) is 4.91. The van der Waals surface area contributed by atoms with Gasteiger partial charge in [-0.1, -0.05) is 52.0 Å². The molecule has 1 N–H and O–H groups in total. The van der Waals surface area contributed by atoms with Crippen LogP contribution in [0.3, 0.4) is 0 Å². The fourth-order valence-electron chi connectivity index (χ4n) is 1.78. The van der Waals surface area contributed by atoms with Crippen LogP contribution < -0.4 is 5.32 Å². The van der Waals surface area contributed by atoms with Gasteiger partial charge in [0.15, 0.2) is 0 Å². The highest BCUT2D eigenvalue weighted by molar-refractivity contribution is 5.76. The van der Waals surface area contributed by atoms with Crippen molar-refractivity contribution < 1.29 is 4.79 Å². The molecule has 0 aliphatic heterocycles. The average Bonchev–Trinajstić information content (AvgIpc) is 2.33. The minimum atomic E-state index is 0.150. The standard InChI is InChI=1S/C16H25NO/c1-5-12-17-15(18)11-8-13-6-9-14(10-7-13)16(2,3)4/h6-7,9-10H,5,8,11-12H2,1-4H3,(H,17,18). The Kier molecular flexibility index (Phi) is 5.39. The van der Waals surface area contributed by atoms with Crippen molar-refractivity contribution >= 4 is 5.91 Å². The van der Waals surface area contributed by atoms with Gasteiger partial charge in [-0.2, -0.15) is 0 Å². The highest BCUT2D eigenvalue weighted by Crippen LogP contribution is 2.22. The number of nitrogens with one attached hydrogen (secondary N) is 1. The molecular weight excluding hydrogens is 222 g/mol. The first kappa shape index (κ1) is 14.7. The number of benzene rings is 1. The Hall–Kier alpha value is -1.31. The van der Waals surface area contributed by atoms with Crippen LogP contribution in [-0.2, 0) is 16.6 Å².